The van der Waals surface area contributed by atoms with Crippen LogP contribution in [0.5, 0.6) is 0 Å². The highest BCUT2D eigenvalue weighted by Gasteiger charge is 2.19. The minimum Gasteiger partial charge on any atom is -0.345 e. The van der Waals surface area contributed by atoms with Crippen LogP contribution in [0.15, 0.2) is 42.6 Å². The number of nitrogens with one attached hydrogen (secondary N) is 1. The van der Waals surface area contributed by atoms with E-state index >= 15 is 0 Å². The second kappa shape index (κ2) is 6.68. The molecule has 0 saturated carbocycles. The van der Waals surface area contributed by atoms with Crippen LogP contribution in [0, 0.1) is 11.7 Å². The number of benzene rings is 1. The number of carbonyl (C=O) groups is 1. The van der Waals surface area contributed by atoms with Gasteiger partial charge in [0.05, 0.1) is 11.6 Å². The number of carbonyl (C=O) groups excluding carboxylic acids is 1. The molecule has 1 aromatic carbocycles. The Morgan fingerprint density at radius 1 is 1.19 bits per heavy atom. The fourth-order valence-corrected chi connectivity index (χ4v) is 2.15. The summed E-state index contributed by atoms with van der Waals surface area (Å²) in [4.78, 5) is 16.1. The van der Waals surface area contributed by atoms with Gasteiger partial charge in [0.25, 0.3) is 5.91 Å². The van der Waals surface area contributed by atoms with Gasteiger partial charge in [0.15, 0.2) is 0 Å². The first kappa shape index (κ1) is 15.4. The normalized spacial score (nSPS) is 12.2. The summed E-state index contributed by atoms with van der Waals surface area (Å²) < 4.78 is 13.0. The molecule has 1 heterocycles. The van der Waals surface area contributed by atoms with Crippen molar-refractivity contribution in [2.45, 2.75) is 19.9 Å². The molecule has 3 nitrogen and oxygen atoms in total. The molecule has 2 aromatic rings. The van der Waals surface area contributed by atoms with Crippen LogP contribution in [0.3, 0.4) is 0 Å². The van der Waals surface area contributed by atoms with Gasteiger partial charge in [-0.05, 0) is 35.7 Å². The highest BCUT2D eigenvalue weighted by Crippen LogP contribution is 2.22. The molecule has 110 valence electrons. The van der Waals surface area contributed by atoms with Crippen molar-refractivity contribution in [1.82, 2.24) is 10.3 Å². The predicted octanol–water partition coefficient (Wildman–Crippen LogP) is 4.00. The SMILES string of the molecule is CC(C)C(NC(=O)c1ccc(Cl)nc1)c1ccc(F)cc1. The standard InChI is InChI=1S/C16H16ClFN2O/c1-10(2)15(11-3-6-13(18)7-4-11)20-16(21)12-5-8-14(17)19-9-12/h3-10,15H,1-2H3,(H,20,21). The summed E-state index contributed by atoms with van der Waals surface area (Å²) in [5.41, 5.74) is 1.30. The zero-order chi connectivity index (χ0) is 15.4. The number of hydrogen-bond donors (Lipinski definition) is 1. The molecule has 0 saturated heterocycles. The average molecular weight is 307 g/mol. The Kier molecular flexibility index (Phi) is 4.91. The summed E-state index contributed by atoms with van der Waals surface area (Å²) in [5.74, 6) is -0.364. The maximum absolute atomic E-state index is 13.0. The lowest BCUT2D eigenvalue weighted by atomic mass is 9.95. The third-order valence-electron chi connectivity index (χ3n) is 3.17. The molecule has 1 unspecified atom stereocenters. The van der Waals surface area contributed by atoms with Gasteiger partial charge in [0.1, 0.15) is 11.0 Å². The van der Waals surface area contributed by atoms with Gasteiger partial charge in [-0.15, -0.1) is 0 Å². The van der Waals surface area contributed by atoms with E-state index in [1.807, 2.05) is 13.8 Å². The van der Waals surface area contributed by atoms with Crippen molar-refractivity contribution in [1.29, 1.82) is 0 Å². The number of halogens is 2. The van der Waals surface area contributed by atoms with Crippen molar-refractivity contribution >= 4 is 17.5 Å². The highest BCUT2D eigenvalue weighted by atomic mass is 35.5. The molecule has 0 radical (unpaired) electrons. The van der Waals surface area contributed by atoms with E-state index in [9.17, 15) is 9.18 Å². The van der Waals surface area contributed by atoms with Gasteiger partial charge in [0.2, 0.25) is 0 Å². The lowest BCUT2D eigenvalue weighted by molar-refractivity contribution is 0.0925. The van der Waals surface area contributed by atoms with Crippen LogP contribution >= 0.6 is 11.6 Å². The first-order valence-corrected chi connectivity index (χ1v) is 7.03. The molecular formula is C16H16ClFN2O. The van der Waals surface area contributed by atoms with Gasteiger partial charge in [-0.2, -0.15) is 0 Å². The van der Waals surface area contributed by atoms with Crippen molar-refractivity contribution in [3.8, 4) is 0 Å². The molecule has 2 rings (SSSR count). The molecule has 0 aliphatic carbocycles. The molecule has 21 heavy (non-hydrogen) atoms. The van der Waals surface area contributed by atoms with E-state index in [0.717, 1.165) is 5.56 Å². The fourth-order valence-electron chi connectivity index (χ4n) is 2.04. The van der Waals surface area contributed by atoms with Crippen molar-refractivity contribution in [3.63, 3.8) is 0 Å². The number of nitrogens with zero attached hydrogens (tertiary/aromatic N) is 1. The maximum atomic E-state index is 13.0. The molecular weight excluding hydrogens is 291 g/mol. The van der Waals surface area contributed by atoms with Crippen LogP contribution in [0.2, 0.25) is 5.15 Å². The first-order valence-electron chi connectivity index (χ1n) is 6.65. The third kappa shape index (κ3) is 4.02. The summed E-state index contributed by atoms with van der Waals surface area (Å²) in [6.07, 6.45) is 1.43. The Morgan fingerprint density at radius 2 is 1.86 bits per heavy atom. The summed E-state index contributed by atoms with van der Waals surface area (Å²) in [6, 6.07) is 9.13. The monoisotopic (exact) mass is 306 g/mol. The first-order chi connectivity index (χ1) is 9.97. The van der Waals surface area contributed by atoms with E-state index in [0.29, 0.717) is 10.7 Å². The second-order valence-electron chi connectivity index (χ2n) is 5.12. The van der Waals surface area contributed by atoms with Crippen LogP contribution in [-0.2, 0) is 0 Å². The van der Waals surface area contributed by atoms with Gasteiger partial charge in [-0.1, -0.05) is 37.6 Å². The summed E-state index contributed by atoms with van der Waals surface area (Å²) in [6.45, 7) is 3.99. The summed E-state index contributed by atoms with van der Waals surface area (Å²) in [5, 5.41) is 3.28. The number of hydrogen-bond acceptors (Lipinski definition) is 2. The molecule has 0 bridgehead atoms. The number of aromatic nitrogens is 1. The second-order valence-corrected chi connectivity index (χ2v) is 5.50. The smallest absolute Gasteiger partial charge is 0.253 e. The largest absolute Gasteiger partial charge is 0.345 e. The number of pyridine rings is 1. The van der Waals surface area contributed by atoms with E-state index in [1.165, 1.54) is 18.3 Å². The molecule has 0 aliphatic rings. The van der Waals surface area contributed by atoms with Crippen molar-refractivity contribution in [2.75, 3.05) is 0 Å². The van der Waals surface area contributed by atoms with E-state index < -0.39 is 0 Å². The van der Waals surface area contributed by atoms with E-state index in [1.54, 1.807) is 24.3 Å². The highest BCUT2D eigenvalue weighted by molar-refractivity contribution is 6.29. The van der Waals surface area contributed by atoms with E-state index in [2.05, 4.69) is 10.3 Å². The van der Waals surface area contributed by atoms with Crippen LogP contribution in [0.1, 0.15) is 35.8 Å². The van der Waals surface area contributed by atoms with Crippen LogP contribution < -0.4 is 5.32 Å². The molecule has 1 aromatic heterocycles. The molecule has 1 amide bonds. The Bertz CT molecular complexity index is 611. The molecule has 1 N–H and O–H groups in total. The molecule has 5 heteroatoms. The Morgan fingerprint density at radius 3 is 2.38 bits per heavy atom. The summed E-state index contributed by atoms with van der Waals surface area (Å²) >= 11 is 5.70. The van der Waals surface area contributed by atoms with Crippen LogP contribution in [0.4, 0.5) is 4.39 Å². The Labute approximate surface area is 128 Å². The van der Waals surface area contributed by atoms with E-state index in [-0.39, 0.29) is 23.7 Å². The Hall–Kier alpha value is -1.94. The average Bonchev–Trinajstić information content (AvgIpc) is 2.46. The molecule has 0 aliphatic heterocycles. The Balaban J connectivity index is 2.18. The zero-order valence-electron chi connectivity index (χ0n) is 11.8. The third-order valence-corrected chi connectivity index (χ3v) is 3.40. The minimum atomic E-state index is -0.297. The van der Waals surface area contributed by atoms with Crippen molar-refractivity contribution < 1.29 is 9.18 Å². The fraction of sp³-hybridized carbons (Fsp3) is 0.250. The topological polar surface area (TPSA) is 42.0 Å². The van der Waals surface area contributed by atoms with E-state index in [4.69, 9.17) is 11.6 Å². The van der Waals surface area contributed by atoms with Crippen molar-refractivity contribution in [2.24, 2.45) is 5.92 Å². The lowest BCUT2D eigenvalue weighted by Crippen LogP contribution is -2.31. The lowest BCUT2D eigenvalue weighted by Gasteiger charge is -2.23. The van der Waals surface area contributed by atoms with Gasteiger partial charge in [0, 0.05) is 6.20 Å². The van der Waals surface area contributed by atoms with Gasteiger partial charge >= 0.3 is 0 Å². The van der Waals surface area contributed by atoms with Crippen LogP contribution in [-0.4, -0.2) is 10.9 Å². The number of amides is 1. The van der Waals surface area contributed by atoms with Gasteiger partial charge in [-0.25, -0.2) is 9.37 Å². The summed E-state index contributed by atoms with van der Waals surface area (Å²) in [7, 11) is 0. The number of rotatable bonds is 4. The minimum absolute atomic E-state index is 0.166. The zero-order valence-corrected chi connectivity index (χ0v) is 12.6. The van der Waals surface area contributed by atoms with Gasteiger partial charge in [-0.3, -0.25) is 4.79 Å². The van der Waals surface area contributed by atoms with Gasteiger partial charge < -0.3 is 5.32 Å². The predicted molar refractivity (Wildman–Crippen MR) is 80.7 cm³/mol. The van der Waals surface area contributed by atoms with Crippen LogP contribution in [0.25, 0.3) is 0 Å². The maximum Gasteiger partial charge on any atom is 0.253 e. The van der Waals surface area contributed by atoms with Crippen molar-refractivity contribution in [3.05, 3.63) is 64.7 Å². The molecule has 0 fully saturated rings. The molecule has 0 spiro atoms. The molecule has 1 atom stereocenters. The quantitative estimate of drug-likeness (QED) is 0.867.